The number of nitrogens with two attached hydrogens (primary N) is 1. The van der Waals surface area contributed by atoms with Crippen LogP contribution in [-0.4, -0.2) is 11.0 Å². The molecule has 1 aromatic heterocycles. The number of nitrogens with zero attached hydrogens (tertiary/aromatic N) is 1. The van der Waals surface area contributed by atoms with Gasteiger partial charge >= 0.3 is 0 Å². The lowest BCUT2D eigenvalue weighted by molar-refractivity contribution is 0.306. The number of aryl methyl sites for hydroxylation is 1. The monoisotopic (exact) mass is 233 g/mol. The van der Waals surface area contributed by atoms with Crippen molar-refractivity contribution in [3.05, 3.63) is 29.6 Å². The molecule has 1 aromatic rings. The number of pyridine rings is 1. The van der Waals surface area contributed by atoms with Crippen LogP contribution in [0.2, 0.25) is 0 Å². The molecule has 0 bridgehead atoms. The van der Waals surface area contributed by atoms with Crippen molar-refractivity contribution in [2.75, 3.05) is 0 Å². The molecule has 0 aliphatic heterocycles. The van der Waals surface area contributed by atoms with Crippen LogP contribution in [0.25, 0.3) is 0 Å². The van der Waals surface area contributed by atoms with Gasteiger partial charge in [0.2, 0.25) is 0 Å². The van der Waals surface area contributed by atoms with Crippen molar-refractivity contribution in [1.29, 1.82) is 0 Å². The van der Waals surface area contributed by atoms with Crippen molar-refractivity contribution in [3.8, 4) is 0 Å². The number of hydrazine groups is 1. The van der Waals surface area contributed by atoms with Crippen molar-refractivity contribution in [3.63, 3.8) is 0 Å². The maximum absolute atomic E-state index is 5.76. The van der Waals surface area contributed by atoms with Gasteiger partial charge in [0.1, 0.15) is 0 Å². The van der Waals surface area contributed by atoms with Gasteiger partial charge in [-0.15, -0.1) is 0 Å². The maximum Gasteiger partial charge on any atom is 0.0482 e. The van der Waals surface area contributed by atoms with Crippen molar-refractivity contribution in [2.45, 2.75) is 51.5 Å². The van der Waals surface area contributed by atoms with Crippen LogP contribution in [0.15, 0.2) is 18.3 Å². The molecule has 0 aromatic carbocycles. The molecule has 3 unspecified atom stereocenters. The molecule has 1 aliphatic carbocycles. The van der Waals surface area contributed by atoms with E-state index in [1.165, 1.54) is 30.5 Å². The van der Waals surface area contributed by atoms with Crippen LogP contribution in [0, 0.1) is 5.92 Å². The fourth-order valence-electron chi connectivity index (χ4n) is 3.11. The van der Waals surface area contributed by atoms with Gasteiger partial charge in [-0.05, 0) is 36.8 Å². The van der Waals surface area contributed by atoms with E-state index in [1.807, 2.05) is 12.3 Å². The largest absolute Gasteiger partial charge is 0.271 e. The van der Waals surface area contributed by atoms with E-state index in [1.54, 1.807) is 0 Å². The van der Waals surface area contributed by atoms with E-state index in [2.05, 4.69) is 30.3 Å². The summed E-state index contributed by atoms with van der Waals surface area (Å²) in [5.41, 5.74) is 5.70. The molecule has 3 N–H and O–H groups in total. The number of aromatic nitrogens is 1. The molecule has 2 rings (SSSR count). The van der Waals surface area contributed by atoms with E-state index in [-0.39, 0.29) is 0 Å². The van der Waals surface area contributed by atoms with E-state index in [0.29, 0.717) is 17.9 Å². The van der Waals surface area contributed by atoms with E-state index in [4.69, 9.17) is 5.84 Å². The fourth-order valence-corrected chi connectivity index (χ4v) is 3.11. The molecule has 0 saturated heterocycles. The molecule has 0 radical (unpaired) electrons. The van der Waals surface area contributed by atoms with Crippen LogP contribution in [-0.2, 0) is 6.42 Å². The summed E-state index contributed by atoms with van der Waals surface area (Å²) in [6.07, 6.45) is 6.64. The first-order valence-corrected chi connectivity index (χ1v) is 6.67. The zero-order valence-electron chi connectivity index (χ0n) is 10.8. The standard InChI is InChI=1S/C14H23N3/c1-3-5-10(2)13(17-15)12-8-7-11-6-4-9-16-14(11)12/h4,6,9-10,12-13,17H,3,5,7-8,15H2,1-2H3. The highest BCUT2D eigenvalue weighted by Crippen LogP contribution is 2.36. The van der Waals surface area contributed by atoms with Gasteiger partial charge in [-0.25, -0.2) is 0 Å². The average Bonchev–Trinajstić information content (AvgIpc) is 2.75. The van der Waals surface area contributed by atoms with Gasteiger partial charge < -0.3 is 0 Å². The van der Waals surface area contributed by atoms with Crippen LogP contribution in [0.4, 0.5) is 0 Å². The van der Waals surface area contributed by atoms with Gasteiger partial charge in [-0.1, -0.05) is 26.3 Å². The molecule has 0 saturated carbocycles. The minimum absolute atomic E-state index is 0.353. The first-order chi connectivity index (χ1) is 8.27. The smallest absolute Gasteiger partial charge is 0.0482 e. The Morgan fingerprint density at radius 2 is 2.41 bits per heavy atom. The predicted octanol–water partition coefficient (Wildman–Crippen LogP) is 2.38. The third-order valence-electron chi connectivity index (χ3n) is 3.99. The Kier molecular flexibility index (Phi) is 4.13. The highest BCUT2D eigenvalue weighted by Gasteiger charge is 2.32. The summed E-state index contributed by atoms with van der Waals surface area (Å²) in [5, 5.41) is 0. The summed E-state index contributed by atoms with van der Waals surface area (Å²) in [5.74, 6) is 6.85. The number of hydrogen-bond donors (Lipinski definition) is 2. The fraction of sp³-hybridized carbons (Fsp3) is 0.643. The first kappa shape index (κ1) is 12.5. The van der Waals surface area contributed by atoms with Crippen LogP contribution >= 0.6 is 0 Å². The highest BCUT2D eigenvalue weighted by atomic mass is 15.2. The van der Waals surface area contributed by atoms with Gasteiger partial charge in [-0.3, -0.25) is 16.3 Å². The topological polar surface area (TPSA) is 50.9 Å². The molecular formula is C14H23N3. The Labute approximate surface area is 104 Å². The molecular weight excluding hydrogens is 210 g/mol. The van der Waals surface area contributed by atoms with E-state index >= 15 is 0 Å². The highest BCUT2D eigenvalue weighted by molar-refractivity contribution is 5.30. The van der Waals surface area contributed by atoms with Gasteiger partial charge in [0.15, 0.2) is 0 Å². The Balaban J connectivity index is 2.17. The van der Waals surface area contributed by atoms with Crippen LogP contribution in [0.3, 0.4) is 0 Å². The third-order valence-corrected chi connectivity index (χ3v) is 3.99. The van der Waals surface area contributed by atoms with Crippen molar-refractivity contribution < 1.29 is 0 Å². The lowest BCUT2D eigenvalue weighted by Crippen LogP contribution is -2.44. The number of rotatable bonds is 5. The molecule has 3 atom stereocenters. The maximum atomic E-state index is 5.76. The number of hydrogen-bond acceptors (Lipinski definition) is 3. The summed E-state index contributed by atoms with van der Waals surface area (Å²) < 4.78 is 0. The molecule has 94 valence electrons. The Hall–Kier alpha value is -0.930. The Morgan fingerprint density at radius 1 is 1.59 bits per heavy atom. The van der Waals surface area contributed by atoms with Gasteiger partial charge in [0, 0.05) is 23.9 Å². The zero-order chi connectivity index (χ0) is 12.3. The molecule has 0 fully saturated rings. The quantitative estimate of drug-likeness (QED) is 0.606. The van der Waals surface area contributed by atoms with E-state index < -0.39 is 0 Å². The zero-order valence-corrected chi connectivity index (χ0v) is 10.8. The molecule has 1 heterocycles. The molecule has 3 heteroatoms. The summed E-state index contributed by atoms with van der Waals surface area (Å²) in [6.45, 7) is 4.51. The lowest BCUT2D eigenvalue weighted by atomic mass is 9.85. The Bertz CT molecular complexity index is 364. The van der Waals surface area contributed by atoms with Crippen molar-refractivity contribution in [1.82, 2.24) is 10.4 Å². The molecule has 1 aliphatic rings. The van der Waals surface area contributed by atoms with Crippen LogP contribution in [0.1, 0.15) is 50.3 Å². The van der Waals surface area contributed by atoms with Gasteiger partial charge in [0.05, 0.1) is 0 Å². The third kappa shape index (κ3) is 2.50. The van der Waals surface area contributed by atoms with Crippen molar-refractivity contribution >= 4 is 0 Å². The molecule has 0 spiro atoms. The van der Waals surface area contributed by atoms with Gasteiger partial charge in [0.25, 0.3) is 0 Å². The minimum Gasteiger partial charge on any atom is -0.271 e. The summed E-state index contributed by atoms with van der Waals surface area (Å²) in [4.78, 5) is 4.56. The minimum atomic E-state index is 0.353. The summed E-state index contributed by atoms with van der Waals surface area (Å²) in [7, 11) is 0. The van der Waals surface area contributed by atoms with E-state index in [9.17, 15) is 0 Å². The summed E-state index contributed by atoms with van der Waals surface area (Å²) in [6, 6.07) is 4.58. The molecule has 3 nitrogen and oxygen atoms in total. The van der Waals surface area contributed by atoms with E-state index in [0.717, 1.165) is 6.42 Å². The van der Waals surface area contributed by atoms with Crippen molar-refractivity contribution in [2.24, 2.45) is 11.8 Å². The second-order valence-electron chi connectivity index (χ2n) is 5.15. The normalized spacial score (nSPS) is 22.2. The first-order valence-electron chi connectivity index (χ1n) is 6.67. The van der Waals surface area contributed by atoms with Crippen LogP contribution < -0.4 is 11.3 Å². The lowest BCUT2D eigenvalue weighted by Gasteiger charge is -2.28. The van der Waals surface area contributed by atoms with Gasteiger partial charge in [-0.2, -0.15) is 0 Å². The number of nitrogens with one attached hydrogen (secondary N) is 1. The number of fused-ring (bicyclic) bond motifs is 1. The SMILES string of the molecule is CCCC(C)C(NN)C1CCc2cccnc21. The van der Waals surface area contributed by atoms with Crippen LogP contribution in [0.5, 0.6) is 0 Å². The second-order valence-corrected chi connectivity index (χ2v) is 5.15. The molecule has 0 amide bonds. The molecule has 17 heavy (non-hydrogen) atoms. The summed E-state index contributed by atoms with van der Waals surface area (Å²) >= 11 is 0. The predicted molar refractivity (Wildman–Crippen MR) is 70.5 cm³/mol. The average molecular weight is 233 g/mol. The Morgan fingerprint density at radius 3 is 3.12 bits per heavy atom. The second kappa shape index (κ2) is 5.61.